The van der Waals surface area contributed by atoms with Crippen LogP contribution < -0.4 is 14.2 Å². The number of benzene rings is 1. The lowest BCUT2D eigenvalue weighted by molar-refractivity contribution is -0.150. The Hall–Kier alpha value is -2.68. The maximum absolute atomic E-state index is 12.7. The van der Waals surface area contributed by atoms with E-state index in [0.717, 1.165) is 16.7 Å². The molecule has 0 N–H and O–H groups in total. The first-order chi connectivity index (χ1) is 13.0. The SMILES string of the molecule is CCOC(=O)[C@@H](C)N1C(=O)S/C(=C/c2cc3c(cc2OCC)OCO3)C1=O. The lowest BCUT2D eigenvalue weighted by Gasteiger charge is -2.19. The van der Waals surface area contributed by atoms with Gasteiger partial charge in [0.1, 0.15) is 11.8 Å². The molecule has 0 aromatic heterocycles. The molecular formula is C18H19NO7S. The molecule has 1 saturated heterocycles. The van der Waals surface area contributed by atoms with Crippen molar-refractivity contribution in [3.63, 3.8) is 0 Å². The van der Waals surface area contributed by atoms with Crippen LogP contribution in [0, 0.1) is 0 Å². The molecule has 0 unspecified atom stereocenters. The number of esters is 1. The summed E-state index contributed by atoms with van der Waals surface area (Å²) >= 11 is 0.764. The third-order valence-electron chi connectivity index (χ3n) is 3.93. The molecule has 2 aliphatic heterocycles. The minimum absolute atomic E-state index is 0.109. The quantitative estimate of drug-likeness (QED) is 0.538. The largest absolute Gasteiger partial charge is 0.493 e. The lowest BCUT2D eigenvalue weighted by atomic mass is 10.1. The van der Waals surface area contributed by atoms with Gasteiger partial charge in [0.15, 0.2) is 11.5 Å². The van der Waals surface area contributed by atoms with Crippen LogP contribution in [-0.4, -0.2) is 48.1 Å². The van der Waals surface area contributed by atoms with Crippen molar-refractivity contribution in [3.05, 3.63) is 22.6 Å². The van der Waals surface area contributed by atoms with Crippen LogP contribution in [0.1, 0.15) is 26.3 Å². The Bertz CT molecular complexity index is 820. The third-order valence-corrected chi connectivity index (χ3v) is 4.81. The van der Waals surface area contributed by atoms with Gasteiger partial charge in [-0.3, -0.25) is 14.5 Å². The molecule has 8 nitrogen and oxygen atoms in total. The zero-order chi connectivity index (χ0) is 19.6. The lowest BCUT2D eigenvalue weighted by Crippen LogP contribution is -2.42. The summed E-state index contributed by atoms with van der Waals surface area (Å²) in [6, 6.07) is 2.38. The summed E-state index contributed by atoms with van der Waals surface area (Å²) in [4.78, 5) is 38.0. The zero-order valence-corrected chi connectivity index (χ0v) is 16.0. The predicted octanol–water partition coefficient (Wildman–Crippen LogP) is 2.80. The molecule has 1 fully saturated rings. The monoisotopic (exact) mass is 393 g/mol. The van der Waals surface area contributed by atoms with Crippen LogP contribution in [0.3, 0.4) is 0 Å². The molecule has 1 atom stereocenters. The number of nitrogens with zero attached hydrogens (tertiary/aromatic N) is 1. The van der Waals surface area contributed by atoms with Crippen LogP contribution in [0.5, 0.6) is 17.2 Å². The highest BCUT2D eigenvalue weighted by Crippen LogP contribution is 2.41. The van der Waals surface area contributed by atoms with Gasteiger partial charge in [0, 0.05) is 11.6 Å². The molecule has 0 aliphatic carbocycles. The van der Waals surface area contributed by atoms with E-state index in [0.29, 0.717) is 29.4 Å². The molecule has 0 saturated carbocycles. The summed E-state index contributed by atoms with van der Waals surface area (Å²) in [6.45, 7) is 5.66. The van der Waals surface area contributed by atoms with Gasteiger partial charge < -0.3 is 18.9 Å². The summed E-state index contributed by atoms with van der Waals surface area (Å²) in [5.41, 5.74) is 0.579. The van der Waals surface area contributed by atoms with Crippen molar-refractivity contribution in [1.29, 1.82) is 0 Å². The van der Waals surface area contributed by atoms with Gasteiger partial charge in [0.2, 0.25) is 6.79 Å². The van der Waals surface area contributed by atoms with E-state index in [1.165, 1.54) is 6.92 Å². The highest BCUT2D eigenvalue weighted by molar-refractivity contribution is 8.18. The molecule has 2 aliphatic rings. The standard InChI is InChI=1S/C18H19NO7S/c1-4-23-12-8-14-13(25-9-26-14)6-11(12)7-15-16(20)19(18(22)27-15)10(3)17(21)24-5-2/h6-8,10H,4-5,9H2,1-3H3/b15-7+/t10-/m1/s1. The first-order valence-electron chi connectivity index (χ1n) is 8.46. The molecule has 0 bridgehead atoms. The first-order valence-corrected chi connectivity index (χ1v) is 9.28. The smallest absolute Gasteiger partial charge is 0.329 e. The van der Waals surface area contributed by atoms with Gasteiger partial charge in [-0.25, -0.2) is 4.79 Å². The average Bonchev–Trinajstić information content (AvgIpc) is 3.19. The highest BCUT2D eigenvalue weighted by atomic mass is 32.2. The Labute approximate surface area is 160 Å². The second-order valence-corrected chi connectivity index (χ2v) is 6.65. The van der Waals surface area contributed by atoms with E-state index in [2.05, 4.69) is 0 Å². The van der Waals surface area contributed by atoms with Gasteiger partial charge in [0.25, 0.3) is 11.1 Å². The van der Waals surface area contributed by atoms with Crippen LogP contribution in [0.2, 0.25) is 0 Å². The Morgan fingerprint density at radius 1 is 1.26 bits per heavy atom. The third kappa shape index (κ3) is 3.73. The summed E-state index contributed by atoms with van der Waals surface area (Å²) in [5.74, 6) is 0.417. The highest BCUT2D eigenvalue weighted by Gasteiger charge is 2.41. The van der Waals surface area contributed by atoms with E-state index in [1.54, 1.807) is 25.1 Å². The first kappa shape index (κ1) is 19.1. The molecule has 27 heavy (non-hydrogen) atoms. The van der Waals surface area contributed by atoms with E-state index < -0.39 is 23.2 Å². The zero-order valence-electron chi connectivity index (χ0n) is 15.1. The fraction of sp³-hybridized carbons (Fsp3) is 0.389. The topological polar surface area (TPSA) is 91.4 Å². The Morgan fingerprint density at radius 2 is 1.96 bits per heavy atom. The van der Waals surface area contributed by atoms with Crippen LogP contribution in [-0.2, 0) is 14.3 Å². The number of fused-ring (bicyclic) bond motifs is 1. The van der Waals surface area contributed by atoms with E-state index in [-0.39, 0.29) is 18.3 Å². The van der Waals surface area contributed by atoms with Crippen LogP contribution in [0.25, 0.3) is 6.08 Å². The fourth-order valence-electron chi connectivity index (χ4n) is 2.66. The van der Waals surface area contributed by atoms with Crippen LogP contribution >= 0.6 is 11.8 Å². The number of carbonyl (C=O) groups excluding carboxylic acids is 3. The number of thioether (sulfide) groups is 1. The second kappa shape index (κ2) is 7.91. The average molecular weight is 393 g/mol. The molecule has 0 spiro atoms. The van der Waals surface area contributed by atoms with E-state index in [4.69, 9.17) is 18.9 Å². The minimum Gasteiger partial charge on any atom is -0.493 e. The molecule has 0 radical (unpaired) electrons. The maximum atomic E-state index is 12.7. The number of amides is 2. The summed E-state index contributed by atoms with van der Waals surface area (Å²) in [5, 5.41) is -0.523. The van der Waals surface area contributed by atoms with Crippen molar-refractivity contribution < 1.29 is 33.3 Å². The molecule has 144 valence electrons. The van der Waals surface area contributed by atoms with Crippen molar-refractivity contribution in [2.45, 2.75) is 26.8 Å². The van der Waals surface area contributed by atoms with Crippen LogP contribution in [0.4, 0.5) is 4.79 Å². The molecule has 3 rings (SSSR count). The van der Waals surface area contributed by atoms with Crippen molar-refractivity contribution in [1.82, 2.24) is 4.90 Å². The molecule has 9 heteroatoms. The number of carbonyl (C=O) groups is 3. The van der Waals surface area contributed by atoms with Crippen LogP contribution in [0.15, 0.2) is 17.0 Å². The second-order valence-electron chi connectivity index (χ2n) is 5.66. The van der Waals surface area contributed by atoms with Gasteiger partial charge in [-0.1, -0.05) is 0 Å². The molecular weight excluding hydrogens is 374 g/mol. The minimum atomic E-state index is -0.994. The normalized spacial score (nSPS) is 18.2. The maximum Gasteiger partial charge on any atom is 0.329 e. The number of hydrogen-bond acceptors (Lipinski definition) is 8. The number of ether oxygens (including phenoxy) is 4. The molecule has 2 amide bonds. The predicted molar refractivity (Wildman–Crippen MR) is 97.6 cm³/mol. The molecule has 1 aromatic carbocycles. The Kier molecular flexibility index (Phi) is 5.59. The molecule has 1 aromatic rings. The van der Waals surface area contributed by atoms with E-state index in [9.17, 15) is 14.4 Å². The summed E-state index contributed by atoms with van der Waals surface area (Å²) in [6.07, 6.45) is 1.55. The Balaban J connectivity index is 1.91. The van der Waals surface area contributed by atoms with Crippen molar-refractivity contribution in [2.75, 3.05) is 20.0 Å². The summed E-state index contributed by atoms with van der Waals surface area (Å²) < 4.78 is 21.2. The van der Waals surface area contributed by atoms with Gasteiger partial charge in [-0.2, -0.15) is 0 Å². The Morgan fingerprint density at radius 3 is 2.63 bits per heavy atom. The fourth-order valence-corrected chi connectivity index (χ4v) is 3.55. The van der Waals surface area contributed by atoms with Crippen molar-refractivity contribution in [3.8, 4) is 17.2 Å². The van der Waals surface area contributed by atoms with Gasteiger partial charge in [-0.15, -0.1) is 0 Å². The number of rotatable bonds is 6. The van der Waals surface area contributed by atoms with E-state index >= 15 is 0 Å². The van der Waals surface area contributed by atoms with Gasteiger partial charge in [-0.05, 0) is 44.7 Å². The number of hydrogen-bond donors (Lipinski definition) is 0. The van der Waals surface area contributed by atoms with Crippen molar-refractivity contribution >= 4 is 35.0 Å². The van der Waals surface area contributed by atoms with Crippen molar-refractivity contribution in [2.24, 2.45) is 0 Å². The van der Waals surface area contributed by atoms with Gasteiger partial charge >= 0.3 is 5.97 Å². The molecule has 2 heterocycles. The summed E-state index contributed by atoms with van der Waals surface area (Å²) in [7, 11) is 0. The van der Waals surface area contributed by atoms with Gasteiger partial charge in [0.05, 0.1) is 18.1 Å². The van der Waals surface area contributed by atoms with E-state index in [1.807, 2.05) is 6.92 Å². The number of imide groups is 1.